The van der Waals surface area contributed by atoms with E-state index in [2.05, 4.69) is 20.2 Å². The summed E-state index contributed by atoms with van der Waals surface area (Å²) in [6, 6.07) is 5.28. The van der Waals surface area contributed by atoms with Crippen molar-refractivity contribution in [1.82, 2.24) is 25.1 Å². The van der Waals surface area contributed by atoms with Crippen LogP contribution >= 0.6 is 0 Å². The first-order chi connectivity index (χ1) is 15.1. The summed E-state index contributed by atoms with van der Waals surface area (Å²) in [7, 11) is 4.64. The van der Waals surface area contributed by atoms with Gasteiger partial charge in [-0.3, -0.25) is 14.9 Å². The maximum absolute atomic E-state index is 12.9. The van der Waals surface area contributed by atoms with Crippen molar-refractivity contribution < 1.29 is 23.7 Å². The minimum Gasteiger partial charge on any atom is -0.493 e. The summed E-state index contributed by atoms with van der Waals surface area (Å²) in [6.07, 6.45) is 5.31. The molecule has 1 aromatic carbocycles. The molecule has 10 nitrogen and oxygen atoms in total. The lowest BCUT2D eigenvalue weighted by Gasteiger charge is -2.15. The molecule has 3 heterocycles. The van der Waals surface area contributed by atoms with Crippen molar-refractivity contribution in [2.24, 2.45) is 0 Å². The summed E-state index contributed by atoms with van der Waals surface area (Å²) in [5, 5.41) is 7.13. The van der Waals surface area contributed by atoms with Crippen LogP contribution in [0.25, 0.3) is 11.3 Å². The van der Waals surface area contributed by atoms with E-state index in [-0.39, 0.29) is 12.0 Å². The third kappa shape index (κ3) is 4.23. The second-order valence-electron chi connectivity index (χ2n) is 6.90. The number of carbonyl (C=O) groups is 1. The van der Waals surface area contributed by atoms with E-state index in [9.17, 15) is 4.79 Å². The number of methoxy groups -OCH3 is 3. The third-order valence-corrected chi connectivity index (χ3v) is 5.03. The monoisotopic (exact) mass is 425 g/mol. The first-order valence-corrected chi connectivity index (χ1v) is 9.70. The molecule has 2 aromatic heterocycles. The first kappa shape index (κ1) is 20.5. The standard InChI is InChI=1S/C21H23N5O5/c1-28-17-8-13(9-18(29-2)20(17)30-3)15-10-16(25-24-15)21(27)26-7-4-14(12-26)31-19-11-22-5-6-23-19/h5-6,8-11,14H,4,7,12H2,1-3H3,(H,24,25). The number of nitrogens with zero attached hydrogens (tertiary/aromatic N) is 4. The zero-order valence-corrected chi connectivity index (χ0v) is 17.5. The number of benzene rings is 1. The van der Waals surface area contributed by atoms with Crippen LogP contribution in [0.5, 0.6) is 23.1 Å². The molecule has 1 saturated heterocycles. The number of rotatable bonds is 7. The smallest absolute Gasteiger partial charge is 0.272 e. The van der Waals surface area contributed by atoms with Gasteiger partial charge in [0, 0.05) is 30.9 Å². The highest BCUT2D eigenvalue weighted by Crippen LogP contribution is 2.40. The largest absolute Gasteiger partial charge is 0.493 e. The number of ether oxygens (including phenoxy) is 4. The van der Waals surface area contributed by atoms with E-state index >= 15 is 0 Å². The van der Waals surface area contributed by atoms with Crippen LogP contribution in [0.3, 0.4) is 0 Å². The summed E-state index contributed by atoms with van der Waals surface area (Å²) >= 11 is 0. The number of nitrogens with one attached hydrogen (secondary N) is 1. The Morgan fingerprint density at radius 1 is 1.10 bits per heavy atom. The molecule has 1 atom stereocenters. The van der Waals surface area contributed by atoms with Crippen molar-refractivity contribution in [1.29, 1.82) is 0 Å². The van der Waals surface area contributed by atoms with Crippen LogP contribution in [0.15, 0.2) is 36.8 Å². The zero-order valence-electron chi connectivity index (χ0n) is 17.5. The van der Waals surface area contributed by atoms with Crippen LogP contribution in [0.2, 0.25) is 0 Å². The van der Waals surface area contributed by atoms with Crippen molar-refractivity contribution in [3.05, 3.63) is 42.5 Å². The quantitative estimate of drug-likeness (QED) is 0.613. The van der Waals surface area contributed by atoms with Gasteiger partial charge in [0.2, 0.25) is 11.6 Å². The highest BCUT2D eigenvalue weighted by molar-refractivity contribution is 5.93. The van der Waals surface area contributed by atoms with Gasteiger partial charge in [0.25, 0.3) is 5.91 Å². The van der Waals surface area contributed by atoms with E-state index in [0.29, 0.717) is 47.6 Å². The van der Waals surface area contributed by atoms with Crippen molar-refractivity contribution >= 4 is 5.91 Å². The van der Waals surface area contributed by atoms with E-state index in [1.54, 1.807) is 63.0 Å². The Morgan fingerprint density at radius 2 is 1.87 bits per heavy atom. The van der Waals surface area contributed by atoms with Crippen molar-refractivity contribution in [3.8, 4) is 34.4 Å². The van der Waals surface area contributed by atoms with E-state index in [4.69, 9.17) is 18.9 Å². The van der Waals surface area contributed by atoms with E-state index in [1.165, 1.54) is 0 Å². The van der Waals surface area contributed by atoms with E-state index < -0.39 is 0 Å². The summed E-state index contributed by atoms with van der Waals surface area (Å²) < 4.78 is 22.0. The molecule has 1 unspecified atom stereocenters. The molecule has 1 amide bonds. The lowest BCUT2D eigenvalue weighted by molar-refractivity contribution is 0.0765. The molecule has 0 aliphatic carbocycles. The molecule has 162 valence electrons. The van der Waals surface area contributed by atoms with Crippen LogP contribution in [0.1, 0.15) is 16.9 Å². The summed E-state index contributed by atoms with van der Waals surface area (Å²) in [4.78, 5) is 22.8. The van der Waals surface area contributed by atoms with Gasteiger partial charge in [0.15, 0.2) is 11.5 Å². The fourth-order valence-electron chi connectivity index (χ4n) is 3.50. The average molecular weight is 425 g/mol. The van der Waals surface area contributed by atoms with Gasteiger partial charge >= 0.3 is 0 Å². The number of hydrogen-bond donors (Lipinski definition) is 1. The minimum atomic E-state index is -0.142. The SMILES string of the molecule is COc1cc(-c2cc(C(=O)N3CCC(Oc4cnccn4)C3)[nH]n2)cc(OC)c1OC. The topological polar surface area (TPSA) is 112 Å². The van der Waals surface area contributed by atoms with Crippen molar-refractivity contribution in [3.63, 3.8) is 0 Å². The lowest BCUT2D eigenvalue weighted by Crippen LogP contribution is -2.31. The van der Waals surface area contributed by atoms with Crippen LogP contribution in [-0.2, 0) is 0 Å². The Labute approximate surface area is 179 Å². The molecular formula is C21H23N5O5. The molecule has 3 aromatic rings. The molecule has 1 aliphatic heterocycles. The van der Waals surface area contributed by atoms with Gasteiger partial charge in [0.1, 0.15) is 11.8 Å². The zero-order chi connectivity index (χ0) is 21.8. The third-order valence-electron chi connectivity index (χ3n) is 5.03. The Kier molecular flexibility index (Phi) is 5.87. The highest BCUT2D eigenvalue weighted by Gasteiger charge is 2.29. The molecular weight excluding hydrogens is 402 g/mol. The van der Waals surface area contributed by atoms with Gasteiger partial charge in [-0.1, -0.05) is 0 Å². The van der Waals surface area contributed by atoms with Crippen LogP contribution < -0.4 is 18.9 Å². The Balaban J connectivity index is 1.48. The molecule has 0 saturated carbocycles. The normalized spacial score (nSPS) is 15.6. The van der Waals surface area contributed by atoms with Crippen LogP contribution in [-0.4, -0.2) is 71.5 Å². The van der Waals surface area contributed by atoms with Crippen LogP contribution in [0, 0.1) is 0 Å². The Hall–Kier alpha value is -3.82. The van der Waals surface area contributed by atoms with Gasteiger partial charge in [-0.05, 0) is 18.2 Å². The molecule has 31 heavy (non-hydrogen) atoms. The number of aromatic nitrogens is 4. The predicted octanol–water partition coefficient (Wildman–Crippen LogP) is 2.19. The molecule has 1 fully saturated rings. The highest BCUT2D eigenvalue weighted by atomic mass is 16.5. The Bertz CT molecular complexity index is 1030. The number of amides is 1. The fourth-order valence-corrected chi connectivity index (χ4v) is 3.50. The second-order valence-corrected chi connectivity index (χ2v) is 6.90. The first-order valence-electron chi connectivity index (χ1n) is 9.70. The molecule has 0 spiro atoms. The summed E-state index contributed by atoms with van der Waals surface area (Å²) in [5.74, 6) is 1.82. The number of carbonyl (C=O) groups excluding carboxylic acids is 1. The molecule has 4 rings (SSSR count). The van der Waals surface area contributed by atoms with Gasteiger partial charge in [-0.25, -0.2) is 4.98 Å². The fraction of sp³-hybridized carbons (Fsp3) is 0.333. The van der Waals surface area contributed by atoms with Gasteiger partial charge < -0.3 is 23.8 Å². The minimum absolute atomic E-state index is 0.127. The lowest BCUT2D eigenvalue weighted by atomic mass is 10.1. The molecule has 1 N–H and O–H groups in total. The molecule has 1 aliphatic rings. The maximum atomic E-state index is 12.9. The number of aromatic amines is 1. The van der Waals surface area contributed by atoms with Crippen molar-refractivity contribution in [2.45, 2.75) is 12.5 Å². The number of hydrogen-bond acceptors (Lipinski definition) is 8. The number of likely N-dealkylation sites (tertiary alicyclic amines) is 1. The van der Waals surface area contributed by atoms with Crippen molar-refractivity contribution in [2.75, 3.05) is 34.4 Å². The number of H-pyrrole nitrogens is 1. The second kappa shape index (κ2) is 8.90. The van der Waals surface area contributed by atoms with E-state index in [0.717, 1.165) is 12.0 Å². The summed E-state index contributed by atoms with van der Waals surface area (Å²) in [5.41, 5.74) is 1.72. The average Bonchev–Trinajstić information content (AvgIpc) is 3.48. The van der Waals surface area contributed by atoms with Crippen LogP contribution in [0.4, 0.5) is 0 Å². The van der Waals surface area contributed by atoms with Gasteiger partial charge in [-0.2, -0.15) is 5.10 Å². The molecule has 10 heteroatoms. The predicted molar refractivity (Wildman–Crippen MR) is 111 cm³/mol. The molecule has 0 bridgehead atoms. The van der Waals surface area contributed by atoms with E-state index in [1.807, 2.05) is 0 Å². The molecule has 0 radical (unpaired) electrons. The van der Waals surface area contributed by atoms with Gasteiger partial charge in [0.05, 0.1) is 39.8 Å². The summed E-state index contributed by atoms with van der Waals surface area (Å²) in [6.45, 7) is 1.05. The maximum Gasteiger partial charge on any atom is 0.272 e. The van der Waals surface area contributed by atoms with Gasteiger partial charge in [-0.15, -0.1) is 0 Å². The Morgan fingerprint density at radius 3 is 2.52 bits per heavy atom.